The van der Waals surface area contributed by atoms with Gasteiger partial charge in [-0.1, -0.05) is 179 Å². The Balaban J connectivity index is 0.935. The summed E-state index contributed by atoms with van der Waals surface area (Å²) < 4.78 is 2.68. The Kier molecular flexibility index (Phi) is 8.17. The third kappa shape index (κ3) is 5.60. The van der Waals surface area contributed by atoms with Gasteiger partial charge in [0.25, 0.3) is 0 Å². The highest BCUT2D eigenvalue weighted by atomic mass is 32.1. The van der Waals surface area contributed by atoms with Crippen LogP contribution in [0, 0.1) is 0 Å². The fourth-order valence-electron chi connectivity index (χ4n) is 10.6. The summed E-state index contributed by atoms with van der Waals surface area (Å²) in [6.07, 6.45) is 0. The molecular formula is C60H45NS. The summed E-state index contributed by atoms with van der Waals surface area (Å²) in [4.78, 5) is 2.46. The number of fused-ring (bicyclic) bond motifs is 9. The van der Waals surface area contributed by atoms with Crippen molar-refractivity contribution in [3.8, 4) is 55.6 Å². The van der Waals surface area contributed by atoms with Crippen LogP contribution >= 0.6 is 11.3 Å². The van der Waals surface area contributed by atoms with Crippen molar-refractivity contribution in [1.29, 1.82) is 0 Å². The maximum absolute atomic E-state index is 2.46. The maximum Gasteiger partial charge on any atom is 0.0465 e. The molecule has 0 spiro atoms. The molecule has 2 aliphatic rings. The summed E-state index contributed by atoms with van der Waals surface area (Å²) in [5, 5.41) is 2.66. The van der Waals surface area contributed by atoms with Gasteiger partial charge >= 0.3 is 0 Å². The number of hydrogen-bond acceptors (Lipinski definition) is 2. The van der Waals surface area contributed by atoms with Gasteiger partial charge < -0.3 is 4.90 Å². The number of rotatable bonds is 6. The van der Waals surface area contributed by atoms with Gasteiger partial charge in [-0.2, -0.15) is 0 Å². The fraction of sp³-hybridized carbons (Fsp3) is 0.100. The highest BCUT2D eigenvalue weighted by Crippen LogP contribution is 2.54. The predicted molar refractivity (Wildman–Crippen MR) is 265 cm³/mol. The van der Waals surface area contributed by atoms with E-state index in [4.69, 9.17) is 0 Å². The molecule has 0 N–H and O–H groups in total. The van der Waals surface area contributed by atoms with Crippen LogP contribution in [0.3, 0.4) is 0 Å². The Morgan fingerprint density at radius 1 is 0.323 bits per heavy atom. The van der Waals surface area contributed by atoms with Crippen LogP contribution in [0.4, 0.5) is 17.1 Å². The van der Waals surface area contributed by atoms with Crippen LogP contribution < -0.4 is 4.90 Å². The Labute approximate surface area is 368 Å². The van der Waals surface area contributed by atoms with Gasteiger partial charge in [0.15, 0.2) is 0 Å². The van der Waals surface area contributed by atoms with E-state index in [2.05, 4.69) is 233 Å². The molecule has 9 aromatic carbocycles. The number of hydrogen-bond donors (Lipinski definition) is 0. The van der Waals surface area contributed by atoms with Crippen LogP contribution in [0.5, 0.6) is 0 Å². The zero-order chi connectivity index (χ0) is 41.7. The smallest absolute Gasteiger partial charge is 0.0465 e. The molecule has 2 heteroatoms. The second-order valence-electron chi connectivity index (χ2n) is 18.1. The number of nitrogens with zero attached hydrogens (tertiary/aromatic N) is 1. The topological polar surface area (TPSA) is 3.24 Å². The minimum Gasteiger partial charge on any atom is -0.310 e. The molecule has 0 saturated carbocycles. The summed E-state index contributed by atoms with van der Waals surface area (Å²) >= 11 is 1.89. The maximum atomic E-state index is 2.46. The third-order valence-electron chi connectivity index (χ3n) is 13.9. The quantitative estimate of drug-likeness (QED) is 0.162. The van der Waals surface area contributed by atoms with E-state index in [1.807, 2.05) is 11.3 Å². The molecule has 296 valence electrons. The zero-order valence-electron chi connectivity index (χ0n) is 35.4. The molecule has 10 aromatic rings. The van der Waals surface area contributed by atoms with Gasteiger partial charge in [-0.25, -0.2) is 0 Å². The molecule has 0 aliphatic heterocycles. The van der Waals surface area contributed by atoms with Gasteiger partial charge in [0.2, 0.25) is 0 Å². The average Bonchev–Trinajstić information content (AvgIpc) is 3.89. The van der Waals surface area contributed by atoms with E-state index in [0.717, 1.165) is 17.1 Å². The summed E-state index contributed by atoms with van der Waals surface area (Å²) in [5.74, 6) is 0. The van der Waals surface area contributed by atoms with Crippen molar-refractivity contribution >= 4 is 48.6 Å². The van der Waals surface area contributed by atoms with Gasteiger partial charge in [0.1, 0.15) is 0 Å². The normalized spacial score (nSPS) is 14.1. The van der Waals surface area contributed by atoms with E-state index < -0.39 is 0 Å². The van der Waals surface area contributed by atoms with E-state index in [0.29, 0.717) is 0 Å². The summed E-state index contributed by atoms with van der Waals surface area (Å²) in [6.45, 7) is 9.51. The lowest BCUT2D eigenvalue weighted by molar-refractivity contribution is 0.660. The zero-order valence-corrected chi connectivity index (χ0v) is 36.2. The van der Waals surface area contributed by atoms with Crippen molar-refractivity contribution < 1.29 is 0 Å². The Morgan fingerprint density at radius 2 is 0.790 bits per heavy atom. The van der Waals surface area contributed by atoms with Crippen molar-refractivity contribution in [2.45, 2.75) is 38.5 Å². The van der Waals surface area contributed by atoms with Gasteiger partial charge in [-0.05, 0) is 126 Å². The van der Waals surface area contributed by atoms with E-state index >= 15 is 0 Å². The van der Waals surface area contributed by atoms with Crippen molar-refractivity contribution in [3.05, 3.63) is 222 Å². The highest BCUT2D eigenvalue weighted by molar-refractivity contribution is 7.26. The molecule has 1 aromatic heterocycles. The highest BCUT2D eigenvalue weighted by Gasteiger charge is 2.38. The molecule has 62 heavy (non-hydrogen) atoms. The SMILES string of the molecule is CC1(C)c2ccccc2-c2ccc(N(c3ccc(-c4ccc(-c5cccc6c5sc5ccccc56)cc4)cc3)c3ccc4c(c3)C(C)(C)c3cc(-c5ccccc5)ccc3-4)cc21. The van der Waals surface area contributed by atoms with Crippen molar-refractivity contribution in [1.82, 2.24) is 0 Å². The van der Waals surface area contributed by atoms with E-state index in [-0.39, 0.29) is 10.8 Å². The third-order valence-corrected chi connectivity index (χ3v) is 15.1. The molecule has 0 saturated heterocycles. The lowest BCUT2D eigenvalue weighted by atomic mass is 9.81. The molecule has 2 aliphatic carbocycles. The first-order chi connectivity index (χ1) is 30.2. The minimum absolute atomic E-state index is 0.107. The van der Waals surface area contributed by atoms with Crippen molar-refractivity contribution in [2.75, 3.05) is 4.90 Å². The number of benzene rings is 9. The summed E-state index contributed by atoms with van der Waals surface area (Å²) in [7, 11) is 0. The predicted octanol–water partition coefficient (Wildman–Crippen LogP) is 17.1. The molecule has 1 nitrogen and oxygen atoms in total. The number of thiophene rings is 1. The van der Waals surface area contributed by atoms with Crippen LogP contribution in [0.15, 0.2) is 200 Å². The Bertz CT molecular complexity index is 3390. The van der Waals surface area contributed by atoms with Gasteiger partial charge in [0, 0.05) is 48.1 Å². The first kappa shape index (κ1) is 36.8. The Hall–Kier alpha value is -7.00. The fourth-order valence-corrected chi connectivity index (χ4v) is 11.8. The van der Waals surface area contributed by atoms with Crippen LogP contribution in [-0.4, -0.2) is 0 Å². The molecule has 0 bridgehead atoms. The van der Waals surface area contributed by atoms with E-state index in [1.165, 1.54) is 98.1 Å². The lowest BCUT2D eigenvalue weighted by Crippen LogP contribution is -2.18. The van der Waals surface area contributed by atoms with Crippen LogP contribution in [-0.2, 0) is 10.8 Å². The van der Waals surface area contributed by atoms with Crippen molar-refractivity contribution in [2.24, 2.45) is 0 Å². The van der Waals surface area contributed by atoms with Gasteiger partial charge in [-0.15, -0.1) is 11.3 Å². The standard InChI is InChI=1S/C60H45NS/c1-59(2)53-19-10-8-15-47(53)49-33-30-44(36-55(49)59)61(45-31-34-50-48-32-27-42(38-13-6-5-7-14-38)35-54(48)60(3,4)56(50)37-45)43-28-25-40(26-29-43)39-21-23-41(24-22-39)46-17-12-18-52-51-16-9-11-20-57(51)62-58(46)52/h5-37H,1-4H3. The van der Waals surface area contributed by atoms with Crippen LogP contribution in [0.25, 0.3) is 75.8 Å². The molecule has 0 radical (unpaired) electrons. The second kappa shape index (κ2) is 13.8. The Morgan fingerprint density at radius 3 is 1.50 bits per heavy atom. The molecule has 0 unspecified atom stereocenters. The number of anilines is 3. The molecule has 1 heterocycles. The largest absolute Gasteiger partial charge is 0.310 e. The lowest BCUT2D eigenvalue weighted by Gasteiger charge is -2.30. The average molecular weight is 812 g/mol. The molecule has 0 fully saturated rings. The van der Waals surface area contributed by atoms with E-state index in [9.17, 15) is 0 Å². The van der Waals surface area contributed by atoms with Gasteiger partial charge in [-0.3, -0.25) is 0 Å². The first-order valence-electron chi connectivity index (χ1n) is 21.7. The van der Waals surface area contributed by atoms with Crippen molar-refractivity contribution in [3.63, 3.8) is 0 Å². The second-order valence-corrected chi connectivity index (χ2v) is 19.2. The van der Waals surface area contributed by atoms with Gasteiger partial charge in [0.05, 0.1) is 0 Å². The van der Waals surface area contributed by atoms with Crippen LogP contribution in [0.1, 0.15) is 49.9 Å². The molecule has 0 atom stereocenters. The van der Waals surface area contributed by atoms with Crippen LogP contribution in [0.2, 0.25) is 0 Å². The monoisotopic (exact) mass is 811 g/mol. The first-order valence-corrected chi connectivity index (χ1v) is 22.6. The molecule has 0 amide bonds. The molecular weight excluding hydrogens is 767 g/mol. The summed E-state index contributed by atoms with van der Waals surface area (Å²) in [6, 6.07) is 74.7. The summed E-state index contributed by atoms with van der Waals surface area (Å²) in [5.41, 5.74) is 21.5. The van der Waals surface area contributed by atoms with E-state index in [1.54, 1.807) is 0 Å². The molecule has 12 rings (SSSR count). The minimum atomic E-state index is -0.169.